The summed E-state index contributed by atoms with van der Waals surface area (Å²) in [6.45, 7) is 4.82. The molecule has 1 aromatic heterocycles. The number of ether oxygens (including phenoxy) is 1. The minimum Gasteiger partial charge on any atom is -0.449 e. The van der Waals surface area contributed by atoms with E-state index >= 15 is 0 Å². The van der Waals surface area contributed by atoms with E-state index in [-0.39, 0.29) is 11.4 Å². The van der Waals surface area contributed by atoms with E-state index in [1.54, 1.807) is 43.6 Å². The number of hydrogen-bond acceptors (Lipinski definition) is 6. The van der Waals surface area contributed by atoms with Crippen molar-refractivity contribution in [1.82, 2.24) is 14.3 Å². The lowest BCUT2D eigenvalue weighted by molar-refractivity contribution is -0.385. The molecule has 3 aromatic rings. The van der Waals surface area contributed by atoms with Gasteiger partial charge >= 0.3 is 13.4 Å². The fraction of sp³-hybridized carbons (Fsp3) is 0.286. The molecule has 2 aliphatic heterocycles. The molecule has 9 nitrogen and oxygen atoms in total. The predicted octanol–water partition coefficient (Wildman–Crippen LogP) is 4.75. The smallest absolute Gasteiger partial charge is 0.346 e. The Balaban J connectivity index is 1.47. The molecule has 1 atom stereocenters. The Kier molecular flexibility index (Phi) is 4.98. The Bertz CT molecular complexity index is 1190. The van der Waals surface area contributed by atoms with E-state index in [2.05, 4.69) is 4.98 Å². The standard InChI is InChI=1S/C21H21N4O5P/c1-15(30-31(28,23-9-10-23)24-11-12-24)16-5-6-19(25(26)27)21(13-16)29-20-4-2-3-17-14-22-8-7-18(17)20/h2-8,13-15H,9-12H2,1H3. The molecule has 160 valence electrons. The molecule has 0 radical (unpaired) electrons. The Labute approximate surface area is 178 Å². The zero-order valence-electron chi connectivity index (χ0n) is 16.9. The van der Waals surface area contributed by atoms with Gasteiger partial charge in [0.05, 0.1) is 11.0 Å². The first-order valence-corrected chi connectivity index (χ1v) is 11.6. The molecule has 0 N–H and O–H groups in total. The van der Waals surface area contributed by atoms with Crippen molar-refractivity contribution in [1.29, 1.82) is 0 Å². The minimum atomic E-state index is -3.02. The van der Waals surface area contributed by atoms with Crippen LogP contribution in [0.1, 0.15) is 18.6 Å². The number of rotatable bonds is 8. The first-order valence-electron chi connectivity index (χ1n) is 10.0. The summed E-state index contributed by atoms with van der Waals surface area (Å²) in [6, 6.07) is 11.9. The average Bonchev–Trinajstić information content (AvgIpc) is 3.65. The highest BCUT2D eigenvalue weighted by molar-refractivity contribution is 7.54. The van der Waals surface area contributed by atoms with Crippen molar-refractivity contribution in [3.05, 3.63) is 70.5 Å². The van der Waals surface area contributed by atoms with Gasteiger partial charge in [-0.2, -0.15) is 0 Å². The summed E-state index contributed by atoms with van der Waals surface area (Å²) in [6.07, 6.45) is 2.83. The maximum absolute atomic E-state index is 13.3. The topological polar surface area (TPSA) is 97.6 Å². The highest BCUT2D eigenvalue weighted by Gasteiger charge is 2.50. The second kappa shape index (κ2) is 7.69. The number of hydrogen-bond donors (Lipinski definition) is 0. The van der Waals surface area contributed by atoms with Gasteiger partial charge in [-0.3, -0.25) is 24.2 Å². The SMILES string of the molecule is CC(OP(=O)(N1CC1)N1CC1)c1ccc([N+](=O)[O-])c(Oc2cccc3cnccc23)c1. The fourth-order valence-electron chi connectivity index (χ4n) is 3.49. The molecule has 0 aliphatic carbocycles. The molecule has 1 unspecified atom stereocenters. The Morgan fingerprint density at radius 3 is 2.52 bits per heavy atom. The number of pyridine rings is 1. The molecular weight excluding hydrogens is 419 g/mol. The number of benzene rings is 2. The van der Waals surface area contributed by atoms with E-state index in [0.717, 1.165) is 37.0 Å². The van der Waals surface area contributed by atoms with Crippen LogP contribution in [0.2, 0.25) is 0 Å². The highest BCUT2D eigenvalue weighted by Crippen LogP contribution is 2.63. The van der Waals surface area contributed by atoms with Gasteiger partial charge in [0, 0.05) is 55.4 Å². The molecule has 2 aromatic carbocycles. The van der Waals surface area contributed by atoms with Crippen LogP contribution >= 0.6 is 7.67 Å². The Morgan fingerprint density at radius 1 is 1.10 bits per heavy atom. The van der Waals surface area contributed by atoms with Crippen LogP contribution in [0.4, 0.5) is 5.69 Å². The molecule has 0 amide bonds. The second-order valence-corrected chi connectivity index (χ2v) is 9.91. The van der Waals surface area contributed by atoms with E-state index < -0.39 is 18.7 Å². The summed E-state index contributed by atoms with van der Waals surface area (Å²) < 4.78 is 29.0. The summed E-state index contributed by atoms with van der Waals surface area (Å²) in [4.78, 5) is 15.2. The van der Waals surface area contributed by atoms with Gasteiger partial charge in [-0.1, -0.05) is 12.1 Å². The molecule has 0 bridgehead atoms. The quantitative estimate of drug-likeness (QED) is 0.214. The molecule has 31 heavy (non-hydrogen) atoms. The third-order valence-electron chi connectivity index (χ3n) is 5.37. The van der Waals surface area contributed by atoms with Crippen LogP contribution in [0.15, 0.2) is 54.9 Å². The van der Waals surface area contributed by atoms with Crippen LogP contribution in [0.3, 0.4) is 0 Å². The van der Waals surface area contributed by atoms with Crippen molar-refractivity contribution in [2.24, 2.45) is 0 Å². The van der Waals surface area contributed by atoms with Gasteiger partial charge in [-0.25, -0.2) is 9.34 Å². The normalized spacial score (nSPS) is 17.5. The van der Waals surface area contributed by atoms with Gasteiger partial charge in [0.15, 0.2) is 0 Å². The van der Waals surface area contributed by atoms with Crippen molar-refractivity contribution >= 4 is 24.1 Å². The van der Waals surface area contributed by atoms with Crippen LogP contribution in [0, 0.1) is 10.1 Å². The number of aromatic nitrogens is 1. The second-order valence-electron chi connectivity index (χ2n) is 7.58. The highest BCUT2D eigenvalue weighted by atomic mass is 31.2. The molecule has 10 heteroatoms. The van der Waals surface area contributed by atoms with E-state index in [9.17, 15) is 14.7 Å². The molecule has 2 aliphatic rings. The third-order valence-corrected chi connectivity index (χ3v) is 8.19. The maximum Gasteiger partial charge on any atom is 0.346 e. The number of nitro groups is 1. The summed E-state index contributed by atoms with van der Waals surface area (Å²) in [5, 5.41) is 13.3. The lowest BCUT2D eigenvalue weighted by atomic mass is 10.1. The molecule has 0 saturated carbocycles. The summed E-state index contributed by atoms with van der Waals surface area (Å²) in [7, 11) is -3.02. The number of nitro benzene ring substituents is 1. The monoisotopic (exact) mass is 440 g/mol. The first-order chi connectivity index (χ1) is 15.0. The van der Waals surface area contributed by atoms with Crippen molar-refractivity contribution in [2.75, 3.05) is 26.2 Å². The van der Waals surface area contributed by atoms with Crippen molar-refractivity contribution in [3.63, 3.8) is 0 Å². The lowest BCUT2D eigenvalue weighted by Crippen LogP contribution is -2.10. The van der Waals surface area contributed by atoms with E-state index in [1.165, 1.54) is 6.07 Å². The number of fused-ring (bicyclic) bond motifs is 1. The van der Waals surface area contributed by atoms with Gasteiger partial charge in [-0.15, -0.1) is 0 Å². The van der Waals surface area contributed by atoms with Crippen molar-refractivity contribution in [2.45, 2.75) is 13.0 Å². The van der Waals surface area contributed by atoms with Gasteiger partial charge in [0.2, 0.25) is 5.75 Å². The molecule has 5 rings (SSSR count). The Hall–Kier alpha value is -2.84. The molecule has 3 heterocycles. The van der Waals surface area contributed by atoms with Gasteiger partial charge in [0.25, 0.3) is 0 Å². The zero-order chi connectivity index (χ0) is 21.6. The van der Waals surface area contributed by atoms with Crippen LogP contribution in [-0.2, 0) is 9.09 Å². The van der Waals surface area contributed by atoms with Crippen LogP contribution in [-0.4, -0.2) is 45.4 Å². The van der Waals surface area contributed by atoms with Crippen molar-refractivity contribution in [3.8, 4) is 11.5 Å². The average molecular weight is 440 g/mol. The third kappa shape index (κ3) is 3.93. The van der Waals surface area contributed by atoms with E-state index in [0.29, 0.717) is 11.3 Å². The molecule has 2 fully saturated rings. The largest absolute Gasteiger partial charge is 0.449 e. The van der Waals surface area contributed by atoms with Gasteiger partial charge < -0.3 is 4.74 Å². The number of nitrogens with zero attached hydrogens (tertiary/aromatic N) is 4. The predicted molar refractivity (Wildman–Crippen MR) is 115 cm³/mol. The summed E-state index contributed by atoms with van der Waals surface area (Å²) >= 11 is 0. The molecular formula is C21H21N4O5P. The van der Waals surface area contributed by atoms with E-state index in [4.69, 9.17) is 9.26 Å². The van der Waals surface area contributed by atoms with Gasteiger partial charge in [-0.05, 0) is 36.8 Å². The summed E-state index contributed by atoms with van der Waals surface area (Å²) in [5.74, 6) is 0.600. The van der Waals surface area contributed by atoms with Crippen LogP contribution < -0.4 is 4.74 Å². The Morgan fingerprint density at radius 2 is 1.84 bits per heavy atom. The minimum absolute atomic E-state index is 0.107. The molecule has 0 spiro atoms. The van der Waals surface area contributed by atoms with Gasteiger partial charge in [0.1, 0.15) is 5.75 Å². The van der Waals surface area contributed by atoms with Crippen molar-refractivity contribution < 1.29 is 18.7 Å². The van der Waals surface area contributed by atoms with Crippen LogP contribution in [0.5, 0.6) is 11.5 Å². The fourth-order valence-corrected chi connectivity index (χ4v) is 5.84. The van der Waals surface area contributed by atoms with E-state index in [1.807, 2.05) is 21.5 Å². The zero-order valence-corrected chi connectivity index (χ0v) is 17.8. The first kappa shape index (κ1) is 20.1. The van der Waals surface area contributed by atoms with Crippen LogP contribution in [0.25, 0.3) is 10.8 Å². The molecule has 2 saturated heterocycles. The lowest BCUT2D eigenvalue weighted by Gasteiger charge is -2.24. The summed E-state index contributed by atoms with van der Waals surface area (Å²) in [5.41, 5.74) is 0.508. The maximum atomic E-state index is 13.3.